The lowest BCUT2D eigenvalue weighted by Crippen LogP contribution is -2.59. The van der Waals surface area contributed by atoms with E-state index in [1.165, 1.54) is 0 Å². The van der Waals surface area contributed by atoms with Gasteiger partial charge in [-0.1, -0.05) is 0 Å². The molecule has 1 rings (SSSR count). The van der Waals surface area contributed by atoms with Gasteiger partial charge in [0.25, 0.3) is 5.11 Å². The summed E-state index contributed by atoms with van der Waals surface area (Å²) in [6, 6.07) is 0.671. The fourth-order valence-electron chi connectivity index (χ4n) is 0.585. The first-order valence-electron chi connectivity index (χ1n) is 2.34. The van der Waals surface area contributed by atoms with Crippen LogP contribution in [0.15, 0.2) is 0 Å². The van der Waals surface area contributed by atoms with Gasteiger partial charge in [0.2, 0.25) is 0 Å². The lowest BCUT2D eigenvalue weighted by molar-refractivity contribution is -0.221. The van der Waals surface area contributed by atoms with Crippen molar-refractivity contribution in [2.75, 3.05) is 6.54 Å². The maximum atomic E-state index is 4.77. The maximum absolute atomic E-state index is 4.77. The van der Waals surface area contributed by atoms with Gasteiger partial charge in [-0.25, -0.2) is 0 Å². The summed E-state index contributed by atoms with van der Waals surface area (Å²) in [4.78, 5) is 2.08. The van der Waals surface area contributed by atoms with Crippen LogP contribution in [0.25, 0.3) is 0 Å². The topological polar surface area (TPSA) is 30.6 Å². The Hall–Kier alpha value is -0.150. The van der Waals surface area contributed by atoms with Gasteiger partial charge >= 0.3 is 0 Å². The highest BCUT2D eigenvalue weighted by molar-refractivity contribution is 7.79. The summed E-state index contributed by atoms with van der Waals surface area (Å²) in [5.41, 5.74) is 3.61. The van der Waals surface area contributed by atoms with Crippen LogP contribution < -0.4 is 5.73 Å². The summed E-state index contributed by atoms with van der Waals surface area (Å²) < 4.78 is 0. The van der Waals surface area contributed by atoms with Crippen molar-refractivity contribution in [3.05, 3.63) is 0 Å². The Morgan fingerprint density at radius 1 is 2.00 bits per heavy atom. The summed E-state index contributed by atoms with van der Waals surface area (Å²) in [7, 11) is 0. The van der Waals surface area contributed by atoms with Gasteiger partial charge in [0, 0.05) is 24.8 Å². The van der Waals surface area contributed by atoms with Crippen molar-refractivity contribution in [2.45, 2.75) is 13.0 Å². The van der Waals surface area contributed by atoms with E-state index in [9.17, 15) is 0 Å². The first-order chi connectivity index (χ1) is 3.22. The van der Waals surface area contributed by atoms with Gasteiger partial charge in [0.15, 0.2) is 0 Å². The van der Waals surface area contributed by atoms with Crippen LogP contribution in [0.1, 0.15) is 6.92 Å². The normalized spacial score (nSPS) is 27.7. The second-order valence-corrected chi connectivity index (χ2v) is 2.37. The molecule has 0 aromatic rings. The SMILES string of the molecule is C[C@H]1CN1C([NH3+])=S. The summed E-state index contributed by atoms with van der Waals surface area (Å²) in [5, 5.41) is 0.785. The predicted octanol–water partition coefficient (Wildman–Crippen LogP) is -0.783. The van der Waals surface area contributed by atoms with E-state index in [1.54, 1.807) is 0 Å². The van der Waals surface area contributed by atoms with Crippen molar-refractivity contribution >= 4 is 17.3 Å². The molecule has 0 saturated carbocycles. The molecule has 1 aliphatic heterocycles. The zero-order valence-electron chi connectivity index (χ0n) is 4.35. The Kier molecular flexibility index (Phi) is 1.01. The number of hydrogen-bond acceptors (Lipinski definition) is 1. The lowest BCUT2D eigenvalue weighted by Gasteiger charge is -1.89. The smallest absolute Gasteiger partial charge is 0.267 e. The molecule has 0 aliphatic carbocycles. The molecule has 0 radical (unpaired) electrons. The van der Waals surface area contributed by atoms with E-state index in [2.05, 4.69) is 17.6 Å². The van der Waals surface area contributed by atoms with Gasteiger partial charge < -0.3 is 10.6 Å². The minimum absolute atomic E-state index is 0.671. The van der Waals surface area contributed by atoms with Gasteiger partial charge in [0.05, 0.1) is 0 Å². The van der Waals surface area contributed by atoms with E-state index in [4.69, 9.17) is 12.2 Å². The van der Waals surface area contributed by atoms with Crippen molar-refractivity contribution in [3.63, 3.8) is 0 Å². The van der Waals surface area contributed by atoms with Crippen molar-refractivity contribution < 1.29 is 5.73 Å². The number of rotatable bonds is 0. The van der Waals surface area contributed by atoms with Crippen LogP contribution in [0.4, 0.5) is 0 Å². The Morgan fingerprint density at radius 2 is 2.43 bits per heavy atom. The van der Waals surface area contributed by atoms with Gasteiger partial charge in [-0.3, -0.25) is 0 Å². The Bertz CT molecular complexity index is 102. The molecule has 3 N–H and O–H groups in total. The van der Waals surface area contributed by atoms with Crippen LogP contribution in [-0.2, 0) is 0 Å². The molecule has 0 amide bonds. The average molecular weight is 117 g/mol. The van der Waals surface area contributed by atoms with E-state index in [0.29, 0.717) is 6.04 Å². The first-order valence-corrected chi connectivity index (χ1v) is 2.75. The molecule has 1 aliphatic rings. The van der Waals surface area contributed by atoms with Crippen molar-refractivity contribution in [1.29, 1.82) is 0 Å². The van der Waals surface area contributed by atoms with Gasteiger partial charge in [-0.2, -0.15) is 0 Å². The molecule has 1 fully saturated rings. The number of hydrogen-bond donors (Lipinski definition) is 1. The highest BCUT2D eigenvalue weighted by atomic mass is 32.1. The summed E-state index contributed by atoms with van der Waals surface area (Å²) in [6.45, 7) is 3.25. The molecule has 1 heterocycles. The average Bonchev–Trinajstić information content (AvgIpc) is 2.17. The fraction of sp³-hybridized carbons (Fsp3) is 0.750. The van der Waals surface area contributed by atoms with Crippen LogP contribution >= 0.6 is 12.2 Å². The lowest BCUT2D eigenvalue weighted by atomic mass is 10.6. The van der Waals surface area contributed by atoms with Crippen LogP contribution in [-0.4, -0.2) is 22.6 Å². The molecule has 3 heteroatoms. The van der Waals surface area contributed by atoms with Crippen LogP contribution in [0.5, 0.6) is 0 Å². The van der Waals surface area contributed by atoms with E-state index in [1.807, 2.05) is 0 Å². The highest BCUT2D eigenvalue weighted by Crippen LogP contribution is 2.13. The number of nitrogens with zero attached hydrogens (tertiary/aromatic N) is 1. The van der Waals surface area contributed by atoms with Crippen molar-refractivity contribution in [1.82, 2.24) is 4.90 Å². The Balaban J connectivity index is 2.33. The molecule has 0 spiro atoms. The molecule has 40 valence electrons. The Labute approximate surface area is 48.3 Å². The Morgan fingerprint density at radius 3 is 2.43 bits per heavy atom. The number of quaternary nitrogens is 1. The number of thiocarbonyl (C=S) groups is 1. The van der Waals surface area contributed by atoms with E-state index < -0.39 is 0 Å². The van der Waals surface area contributed by atoms with Crippen molar-refractivity contribution in [2.24, 2.45) is 0 Å². The van der Waals surface area contributed by atoms with Crippen LogP contribution in [0.2, 0.25) is 0 Å². The third kappa shape index (κ3) is 0.894. The summed E-state index contributed by atoms with van der Waals surface area (Å²) >= 11 is 4.77. The summed E-state index contributed by atoms with van der Waals surface area (Å²) in [5.74, 6) is 0. The van der Waals surface area contributed by atoms with Gasteiger partial charge in [-0.05, 0) is 6.92 Å². The molecule has 0 unspecified atom stereocenters. The van der Waals surface area contributed by atoms with E-state index in [0.717, 1.165) is 11.7 Å². The molecule has 0 aromatic carbocycles. The maximum Gasteiger partial charge on any atom is 0.267 e. The molecule has 2 nitrogen and oxygen atoms in total. The van der Waals surface area contributed by atoms with E-state index in [-0.39, 0.29) is 0 Å². The van der Waals surface area contributed by atoms with Crippen LogP contribution in [0.3, 0.4) is 0 Å². The predicted molar refractivity (Wildman–Crippen MR) is 31.7 cm³/mol. The fourth-order valence-corrected chi connectivity index (χ4v) is 0.840. The standard InChI is InChI=1S/C4H8N2S/c1-3-2-6(3)4(5)7/h3H,2H2,1H3,(H2,5,7)/p+1/t3-,6?/m0/s1. The zero-order valence-corrected chi connectivity index (χ0v) is 5.16. The van der Waals surface area contributed by atoms with Crippen molar-refractivity contribution in [3.8, 4) is 0 Å². The molecular weight excluding hydrogens is 108 g/mol. The molecule has 1 atom stereocenters. The second-order valence-electron chi connectivity index (χ2n) is 1.90. The third-order valence-corrected chi connectivity index (χ3v) is 1.41. The molecule has 7 heavy (non-hydrogen) atoms. The summed E-state index contributed by atoms with van der Waals surface area (Å²) in [6.07, 6.45) is 0. The first kappa shape index (κ1) is 5.00. The highest BCUT2D eigenvalue weighted by Gasteiger charge is 2.31. The van der Waals surface area contributed by atoms with Gasteiger partial charge in [-0.15, -0.1) is 0 Å². The molecule has 0 aromatic heterocycles. The quantitative estimate of drug-likeness (QED) is 0.333. The van der Waals surface area contributed by atoms with Gasteiger partial charge in [0.1, 0.15) is 0 Å². The monoisotopic (exact) mass is 117 g/mol. The van der Waals surface area contributed by atoms with E-state index >= 15 is 0 Å². The minimum atomic E-state index is 0.671. The molecule has 1 saturated heterocycles. The third-order valence-electron chi connectivity index (χ3n) is 1.18. The largest absolute Gasteiger partial charge is 0.312 e. The van der Waals surface area contributed by atoms with Crippen LogP contribution in [0, 0.1) is 0 Å². The molecule has 0 bridgehead atoms. The molecular formula is C4H9N2S+. The minimum Gasteiger partial charge on any atom is -0.312 e. The second kappa shape index (κ2) is 1.42. The zero-order chi connectivity index (χ0) is 5.44.